The maximum Gasteiger partial charge on any atom is 0.233 e. The van der Waals surface area contributed by atoms with Crippen molar-refractivity contribution in [2.24, 2.45) is 5.41 Å². The van der Waals surface area contributed by atoms with Crippen LogP contribution in [0.25, 0.3) is 0 Å². The number of nitrogens with one attached hydrogen (secondary N) is 2. The number of carbonyl (C=O) groups excluding carboxylic acids is 1. The van der Waals surface area contributed by atoms with E-state index in [0.29, 0.717) is 12.6 Å². The van der Waals surface area contributed by atoms with Crippen molar-refractivity contribution >= 4 is 5.91 Å². The van der Waals surface area contributed by atoms with Crippen LogP contribution in [0.4, 0.5) is 0 Å². The molecule has 0 saturated carbocycles. The van der Waals surface area contributed by atoms with Gasteiger partial charge < -0.3 is 10.6 Å². The number of hydrogen-bond acceptors (Lipinski definition) is 2. The molecular weight excluding hydrogens is 152 g/mol. The van der Waals surface area contributed by atoms with Crippen molar-refractivity contribution in [3.8, 4) is 0 Å². The third-order valence-electron chi connectivity index (χ3n) is 2.15. The van der Waals surface area contributed by atoms with Gasteiger partial charge in [-0.25, -0.2) is 0 Å². The molecule has 1 unspecified atom stereocenters. The third kappa shape index (κ3) is 4.34. The van der Waals surface area contributed by atoms with Crippen LogP contribution in [0, 0.1) is 5.41 Å². The van der Waals surface area contributed by atoms with E-state index in [1.807, 2.05) is 0 Å². The van der Waals surface area contributed by atoms with Crippen LogP contribution in [0.1, 0.15) is 27.7 Å². The molecule has 0 aliphatic carbocycles. The maximum absolute atomic E-state index is 10.9. The molecule has 0 saturated heterocycles. The second-order valence-corrected chi connectivity index (χ2v) is 4.14. The number of carbonyl (C=O) groups is 1. The van der Waals surface area contributed by atoms with Gasteiger partial charge in [-0.2, -0.15) is 0 Å². The standard InChI is InChI=1S/C9H20N2O/c1-7(9(2,3)4)11-6-8(12)10-5/h7,11H,6H2,1-5H3,(H,10,12). The molecule has 3 nitrogen and oxygen atoms in total. The number of rotatable bonds is 3. The highest BCUT2D eigenvalue weighted by Crippen LogP contribution is 2.17. The van der Waals surface area contributed by atoms with Gasteiger partial charge in [-0.15, -0.1) is 0 Å². The first-order valence-electron chi connectivity index (χ1n) is 4.32. The van der Waals surface area contributed by atoms with Gasteiger partial charge in [-0.05, 0) is 12.3 Å². The van der Waals surface area contributed by atoms with E-state index in [1.165, 1.54) is 0 Å². The zero-order valence-corrected chi connectivity index (χ0v) is 8.69. The fourth-order valence-electron chi connectivity index (χ4n) is 0.640. The quantitative estimate of drug-likeness (QED) is 0.660. The van der Waals surface area contributed by atoms with E-state index in [9.17, 15) is 4.79 Å². The molecule has 2 N–H and O–H groups in total. The molecule has 0 radical (unpaired) electrons. The summed E-state index contributed by atoms with van der Waals surface area (Å²) in [5.74, 6) is 0.0334. The van der Waals surface area contributed by atoms with Crippen LogP contribution in [0.15, 0.2) is 0 Å². The Bertz CT molecular complexity index is 149. The highest BCUT2D eigenvalue weighted by Gasteiger charge is 2.19. The lowest BCUT2D eigenvalue weighted by atomic mass is 9.88. The van der Waals surface area contributed by atoms with E-state index in [-0.39, 0.29) is 11.3 Å². The monoisotopic (exact) mass is 172 g/mol. The Kier molecular flexibility index (Phi) is 4.24. The molecule has 0 aliphatic heterocycles. The van der Waals surface area contributed by atoms with Crippen LogP contribution < -0.4 is 10.6 Å². The third-order valence-corrected chi connectivity index (χ3v) is 2.15. The topological polar surface area (TPSA) is 41.1 Å². The Morgan fingerprint density at radius 3 is 2.25 bits per heavy atom. The Labute approximate surface area is 74.9 Å². The smallest absolute Gasteiger partial charge is 0.233 e. The highest BCUT2D eigenvalue weighted by atomic mass is 16.1. The van der Waals surface area contributed by atoms with Crippen LogP contribution in [0.2, 0.25) is 0 Å². The molecule has 0 bridgehead atoms. The summed E-state index contributed by atoms with van der Waals surface area (Å²) in [6.45, 7) is 8.93. The summed E-state index contributed by atoms with van der Waals surface area (Å²) in [5.41, 5.74) is 0.202. The van der Waals surface area contributed by atoms with Gasteiger partial charge in [0.1, 0.15) is 0 Å². The first-order valence-corrected chi connectivity index (χ1v) is 4.32. The van der Waals surface area contributed by atoms with Crippen molar-refractivity contribution in [3.63, 3.8) is 0 Å². The average molecular weight is 172 g/mol. The van der Waals surface area contributed by atoms with Gasteiger partial charge >= 0.3 is 0 Å². The summed E-state index contributed by atoms with van der Waals surface area (Å²) in [4.78, 5) is 10.9. The van der Waals surface area contributed by atoms with E-state index in [1.54, 1.807) is 7.05 Å². The zero-order valence-electron chi connectivity index (χ0n) is 8.69. The first kappa shape index (κ1) is 11.4. The predicted molar refractivity (Wildman–Crippen MR) is 51.0 cm³/mol. The minimum Gasteiger partial charge on any atom is -0.358 e. The van der Waals surface area contributed by atoms with Crippen molar-refractivity contribution in [3.05, 3.63) is 0 Å². The molecule has 72 valence electrons. The van der Waals surface area contributed by atoms with E-state index in [2.05, 4.69) is 38.3 Å². The van der Waals surface area contributed by atoms with Gasteiger partial charge in [-0.3, -0.25) is 4.79 Å². The van der Waals surface area contributed by atoms with Gasteiger partial charge in [0.2, 0.25) is 5.91 Å². The molecule has 0 fully saturated rings. The summed E-state index contributed by atoms with van der Waals surface area (Å²) >= 11 is 0. The van der Waals surface area contributed by atoms with Crippen LogP contribution >= 0.6 is 0 Å². The van der Waals surface area contributed by atoms with Crippen molar-refractivity contribution in [2.45, 2.75) is 33.7 Å². The molecule has 1 atom stereocenters. The lowest BCUT2D eigenvalue weighted by Crippen LogP contribution is -2.42. The summed E-state index contributed by atoms with van der Waals surface area (Å²) in [7, 11) is 1.64. The largest absolute Gasteiger partial charge is 0.358 e. The normalized spacial score (nSPS) is 14.1. The van der Waals surface area contributed by atoms with Crippen LogP contribution in [-0.2, 0) is 4.79 Å². The second-order valence-electron chi connectivity index (χ2n) is 4.14. The minimum absolute atomic E-state index is 0.0334. The average Bonchev–Trinajstić information content (AvgIpc) is 1.97. The molecule has 0 aromatic heterocycles. The number of amides is 1. The number of hydrogen-bond donors (Lipinski definition) is 2. The Morgan fingerprint density at radius 1 is 1.42 bits per heavy atom. The molecule has 0 aromatic carbocycles. The molecule has 0 aromatic rings. The maximum atomic E-state index is 10.9. The van der Waals surface area contributed by atoms with E-state index >= 15 is 0 Å². The molecule has 0 rings (SSSR count). The highest BCUT2D eigenvalue weighted by molar-refractivity contribution is 5.77. The lowest BCUT2D eigenvalue weighted by molar-refractivity contribution is -0.119. The molecule has 0 spiro atoms. The number of likely N-dealkylation sites (N-methyl/N-ethyl adjacent to an activating group) is 1. The zero-order chi connectivity index (χ0) is 9.78. The first-order chi connectivity index (χ1) is 5.38. The van der Waals surface area contributed by atoms with Crippen LogP contribution in [-0.4, -0.2) is 25.5 Å². The van der Waals surface area contributed by atoms with Gasteiger partial charge in [-0.1, -0.05) is 20.8 Å². The fraction of sp³-hybridized carbons (Fsp3) is 0.889. The summed E-state index contributed by atoms with van der Waals surface area (Å²) in [6.07, 6.45) is 0. The lowest BCUT2D eigenvalue weighted by Gasteiger charge is -2.27. The van der Waals surface area contributed by atoms with Crippen molar-refractivity contribution in [2.75, 3.05) is 13.6 Å². The van der Waals surface area contributed by atoms with E-state index in [4.69, 9.17) is 0 Å². The summed E-state index contributed by atoms with van der Waals surface area (Å²) in [5, 5.41) is 5.73. The molecule has 3 heteroatoms. The Hall–Kier alpha value is -0.570. The van der Waals surface area contributed by atoms with Crippen molar-refractivity contribution in [1.82, 2.24) is 10.6 Å². The van der Waals surface area contributed by atoms with Gasteiger partial charge in [0.25, 0.3) is 0 Å². The molecule has 0 aliphatic rings. The Balaban J connectivity index is 3.72. The van der Waals surface area contributed by atoms with E-state index < -0.39 is 0 Å². The minimum atomic E-state index is 0.0334. The van der Waals surface area contributed by atoms with Gasteiger partial charge in [0.05, 0.1) is 6.54 Å². The summed E-state index contributed by atoms with van der Waals surface area (Å²) in [6, 6.07) is 0.342. The molecule has 12 heavy (non-hydrogen) atoms. The van der Waals surface area contributed by atoms with Crippen molar-refractivity contribution < 1.29 is 4.79 Å². The SMILES string of the molecule is CNC(=O)CNC(C)C(C)(C)C. The second kappa shape index (κ2) is 4.45. The van der Waals surface area contributed by atoms with Gasteiger partial charge in [0, 0.05) is 13.1 Å². The Morgan fingerprint density at radius 2 is 1.92 bits per heavy atom. The van der Waals surface area contributed by atoms with Crippen LogP contribution in [0.5, 0.6) is 0 Å². The predicted octanol–water partition coefficient (Wildman–Crippen LogP) is 0.757. The van der Waals surface area contributed by atoms with Gasteiger partial charge in [0.15, 0.2) is 0 Å². The molecule has 0 heterocycles. The fourth-order valence-corrected chi connectivity index (χ4v) is 0.640. The molecule has 1 amide bonds. The van der Waals surface area contributed by atoms with E-state index in [0.717, 1.165) is 0 Å². The van der Waals surface area contributed by atoms with Crippen LogP contribution in [0.3, 0.4) is 0 Å². The molecular formula is C9H20N2O. The summed E-state index contributed by atoms with van der Waals surface area (Å²) < 4.78 is 0. The van der Waals surface area contributed by atoms with Crippen molar-refractivity contribution in [1.29, 1.82) is 0 Å².